The molecule has 0 aromatic heterocycles. The lowest BCUT2D eigenvalue weighted by Crippen LogP contribution is -2.52. The summed E-state index contributed by atoms with van der Waals surface area (Å²) in [6.45, 7) is 5.91. The third kappa shape index (κ3) is 7.50. The molecule has 3 amide bonds. The molecule has 0 saturated heterocycles. The van der Waals surface area contributed by atoms with Crippen molar-refractivity contribution in [3.05, 3.63) is 62.3 Å². The molecule has 2 atom stereocenters. The lowest BCUT2D eigenvalue weighted by Gasteiger charge is -2.32. The molecule has 0 heterocycles. The van der Waals surface area contributed by atoms with Crippen molar-refractivity contribution in [1.82, 2.24) is 10.2 Å². The van der Waals surface area contributed by atoms with Crippen molar-refractivity contribution in [2.75, 3.05) is 7.11 Å². The molecule has 4 N–H and O–H groups in total. The molecule has 3 rings (SSSR count). The van der Waals surface area contributed by atoms with Gasteiger partial charge in [-0.3, -0.25) is 28.9 Å². The number of aliphatic hydroxyl groups excluding tert-OH is 3. The van der Waals surface area contributed by atoms with E-state index >= 15 is 0 Å². The first-order valence-electron chi connectivity index (χ1n) is 14.2. The number of methoxy groups -OCH3 is 1. The predicted molar refractivity (Wildman–Crippen MR) is 159 cm³/mol. The smallest absolute Gasteiger partial charge is 0.308 e. The van der Waals surface area contributed by atoms with E-state index in [0.717, 1.165) is 4.90 Å². The minimum atomic E-state index is -1.45. The third-order valence-electron chi connectivity index (χ3n) is 7.34. The highest BCUT2D eigenvalue weighted by atomic mass is 16.6. The van der Waals surface area contributed by atoms with Crippen LogP contribution in [-0.2, 0) is 50.2 Å². The van der Waals surface area contributed by atoms with E-state index < -0.39 is 73.0 Å². The van der Waals surface area contributed by atoms with Gasteiger partial charge in [0.2, 0.25) is 17.2 Å². The Balaban J connectivity index is 2.30. The number of imide groups is 1. The molecule has 12 nitrogen and oxygen atoms in total. The predicted octanol–water partition coefficient (Wildman–Crippen LogP) is 1.80. The molecule has 2 aromatic rings. The molecular formula is C32H40N2O10. The number of nitrogens with zero attached hydrogens (tertiary/aromatic N) is 1. The van der Waals surface area contributed by atoms with Crippen molar-refractivity contribution >= 4 is 23.7 Å². The number of benzene rings is 1. The van der Waals surface area contributed by atoms with Gasteiger partial charge in [0.25, 0.3) is 5.91 Å². The number of aryl methyl sites for hydroxylation is 1. The highest BCUT2D eigenvalue weighted by molar-refractivity contribution is 6.00. The van der Waals surface area contributed by atoms with E-state index in [0.29, 0.717) is 33.4 Å². The summed E-state index contributed by atoms with van der Waals surface area (Å²) in [5.74, 6) is -2.96. The number of fused-ring (bicyclic) bond motifs is 3. The standard InChI is InChI=1S/C32H40N2O10/c1-17(38)33-25(13-29(41)44-32(3,4)5)31(42)34(18(2)39)26-9-7-19-11-20(14-35)23(15-36)24(16-37)30(19)21-8-10-28(43-6)27(40)12-22(21)26/h8,10-12,25-26,35-37H,7,9,13-16H2,1-6H3,(H,33,38)/t25-,26-/m0/s1. The molecule has 0 spiro atoms. The summed E-state index contributed by atoms with van der Waals surface area (Å²) < 4.78 is 10.6. The van der Waals surface area contributed by atoms with Crippen molar-refractivity contribution in [1.29, 1.82) is 0 Å². The fourth-order valence-electron chi connectivity index (χ4n) is 5.66. The Kier molecular flexibility index (Phi) is 11.0. The highest BCUT2D eigenvalue weighted by Crippen LogP contribution is 2.43. The largest absolute Gasteiger partial charge is 0.493 e. The quantitative estimate of drug-likeness (QED) is 0.305. The van der Waals surface area contributed by atoms with Crippen LogP contribution in [0.2, 0.25) is 0 Å². The average Bonchev–Trinajstić information content (AvgIpc) is 3.18. The van der Waals surface area contributed by atoms with Crippen molar-refractivity contribution in [3.8, 4) is 16.9 Å². The van der Waals surface area contributed by atoms with Gasteiger partial charge in [0.15, 0.2) is 5.75 Å². The maximum Gasteiger partial charge on any atom is 0.308 e. The zero-order chi connectivity index (χ0) is 32.9. The number of amides is 3. The van der Waals surface area contributed by atoms with E-state index in [2.05, 4.69) is 5.32 Å². The summed E-state index contributed by atoms with van der Waals surface area (Å²) in [5.41, 5.74) is 1.45. The number of hydrogen-bond acceptors (Lipinski definition) is 10. The van der Waals surface area contributed by atoms with E-state index in [4.69, 9.17) is 9.47 Å². The van der Waals surface area contributed by atoms with Crippen LogP contribution in [0.15, 0.2) is 29.1 Å². The Morgan fingerprint density at radius 3 is 2.20 bits per heavy atom. The van der Waals surface area contributed by atoms with E-state index in [1.165, 1.54) is 33.1 Å². The molecule has 0 bridgehead atoms. The van der Waals surface area contributed by atoms with E-state index in [9.17, 15) is 39.3 Å². The molecule has 12 heteroatoms. The van der Waals surface area contributed by atoms with Crippen LogP contribution in [0.4, 0.5) is 0 Å². The topological polar surface area (TPSA) is 180 Å². The van der Waals surface area contributed by atoms with Crippen LogP contribution in [0.25, 0.3) is 11.1 Å². The second-order valence-electron chi connectivity index (χ2n) is 11.6. The zero-order valence-corrected chi connectivity index (χ0v) is 25.9. The Bertz CT molecular complexity index is 1510. The number of nitrogens with one attached hydrogen (secondary N) is 1. The number of carbonyl (C=O) groups is 4. The second kappa shape index (κ2) is 14.1. The van der Waals surface area contributed by atoms with Gasteiger partial charge < -0.3 is 30.1 Å². The molecule has 0 aliphatic heterocycles. The van der Waals surface area contributed by atoms with Crippen LogP contribution in [-0.4, -0.2) is 62.7 Å². The lowest BCUT2D eigenvalue weighted by molar-refractivity contribution is -0.159. The highest BCUT2D eigenvalue weighted by Gasteiger charge is 2.38. The van der Waals surface area contributed by atoms with Gasteiger partial charge in [-0.1, -0.05) is 12.1 Å². The number of carbonyl (C=O) groups excluding carboxylic acids is 4. The first kappa shape index (κ1) is 34.4. The van der Waals surface area contributed by atoms with E-state index in [-0.39, 0.29) is 24.2 Å². The van der Waals surface area contributed by atoms with Crippen molar-refractivity contribution in [3.63, 3.8) is 0 Å². The fourth-order valence-corrected chi connectivity index (χ4v) is 5.66. The van der Waals surface area contributed by atoms with Gasteiger partial charge in [-0.25, -0.2) is 0 Å². The molecule has 1 aliphatic carbocycles. The Morgan fingerprint density at radius 2 is 1.68 bits per heavy atom. The maximum absolute atomic E-state index is 14.1. The van der Waals surface area contributed by atoms with Gasteiger partial charge in [-0.05, 0) is 84.7 Å². The van der Waals surface area contributed by atoms with Gasteiger partial charge in [-0.2, -0.15) is 0 Å². The van der Waals surface area contributed by atoms with Crippen LogP contribution >= 0.6 is 0 Å². The SMILES string of the molecule is COc1ccc2c(cc1=O)[C@@H](N(C(C)=O)C(=O)[C@H](CC(=O)OC(C)(C)C)NC(C)=O)CCc1cc(CO)c(CO)c(CO)c1-2. The molecule has 2 aromatic carbocycles. The van der Waals surface area contributed by atoms with Crippen molar-refractivity contribution in [2.45, 2.75) is 91.4 Å². The third-order valence-corrected chi connectivity index (χ3v) is 7.34. The Hall–Kier alpha value is -4.13. The lowest BCUT2D eigenvalue weighted by atomic mass is 9.87. The van der Waals surface area contributed by atoms with Gasteiger partial charge >= 0.3 is 5.97 Å². The van der Waals surface area contributed by atoms with Crippen LogP contribution in [0.5, 0.6) is 5.75 Å². The summed E-state index contributed by atoms with van der Waals surface area (Å²) in [6, 6.07) is 3.48. The Labute approximate surface area is 255 Å². The molecule has 0 radical (unpaired) electrons. The van der Waals surface area contributed by atoms with Crippen LogP contribution in [0.1, 0.15) is 81.3 Å². The minimum absolute atomic E-state index is 0.0139. The number of ether oxygens (including phenoxy) is 2. The molecule has 1 aliphatic rings. The summed E-state index contributed by atoms with van der Waals surface area (Å²) in [4.78, 5) is 66.4. The molecule has 0 unspecified atom stereocenters. The van der Waals surface area contributed by atoms with Gasteiger partial charge in [0.1, 0.15) is 11.6 Å². The summed E-state index contributed by atoms with van der Waals surface area (Å²) >= 11 is 0. The van der Waals surface area contributed by atoms with Gasteiger partial charge in [0, 0.05) is 13.8 Å². The van der Waals surface area contributed by atoms with Crippen molar-refractivity contribution < 1.29 is 44.0 Å². The monoisotopic (exact) mass is 612 g/mol. The number of esters is 1. The average molecular weight is 613 g/mol. The summed E-state index contributed by atoms with van der Waals surface area (Å²) in [7, 11) is 1.32. The van der Waals surface area contributed by atoms with E-state index in [1.54, 1.807) is 32.9 Å². The summed E-state index contributed by atoms with van der Waals surface area (Å²) in [5, 5.41) is 33.1. The minimum Gasteiger partial charge on any atom is -0.493 e. The Morgan fingerprint density at radius 1 is 1.02 bits per heavy atom. The number of aliphatic hydroxyl groups is 3. The van der Waals surface area contributed by atoms with Crippen LogP contribution in [0, 0.1) is 0 Å². The molecule has 0 saturated carbocycles. The van der Waals surface area contributed by atoms with Gasteiger partial charge in [0.05, 0.1) is 39.4 Å². The zero-order valence-electron chi connectivity index (χ0n) is 25.9. The van der Waals surface area contributed by atoms with Crippen LogP contribution in [0.3, 0.4) is 0 Å². The van der Waals surface area contributed by atoms with Crippen molar-refractivity contribution in [2.24, 2.45) is 0 Å². The number of hydrogen-bond donors (Lipinski definition) is 4. The summed E-state index contributed by atoms with van der Waals surface area (Å²) in [6.07, 6.45) is -0.190. The molecule has 238 valence electrons. The molecule has 44 heavy (non-hydrogen) atoms. The fraction of sp³-hybridized carbons (Fsp3) is 0.469. The number of rotatable bonds is 9. The normalized spacial score (nSPS) is 14.8. The van der Waals surface area contributed by atoms with Gasteiger partial charge in [-0.15, -0.1) is 0 Å². The first-order chi connectivity index (χ1) is 20.7. The first-order valence-corrected chi connectivity index (χ1v) is 14.2. The maximum atomic E-state index is 14.1. The van der Waals surface area contributed by atoms with E-state index in [1.807, 2.05) is 0 Å². The second-order valence-corrected chi connectivity index (χ2v) is 11.6. The molecular weight excluding hydrogens is 572 g/mol. The van der Waals surface area contributed by atoms with Crippen LogP contribution < -0.4 is 15.5 Å². The molecule has 0 fully saturated rings.